The summed E-state index contributed by atoms with van der Waals surface area (Å²) in [6.45, 7) is 9.69. The van der Waals surface area contributed by atoms with Gasteiger partial charge in [0.25, 0.3) is 0 Å². The Balaban J connectivity index is 1.54. The number of hydrogen-bond acceptors (Lipinski definition) is 4. The van der Waals surface area contributed by atoms with E-state index < -0.39 is 24.0 Å². The summed E-state index contributed by atoms with van der Waals surface area (Å²) in [5.74, 6) is -0.530. The molecule has 5 nitrogen and oxygen atoms in total. The largest absolute Gasteiger partial charge is 0.411 e. The van der Waals surface area contributed by atoms with Gasteiger partial charge in [-0.3, -0.25) is 9.59 Å². The van der Waals surface area contributed by atoms with Crippen LogP contribution >= 0.6 is 0 Å². The van der Waals surface area contributed by atoms with Crippen molar-refractivity contribution in [3.63, 3.8) is 0 Å². The second kappa shape index (κ2) is 8.82. The van der Waals surface area contributed by atoms with Gasteiger partial charge in [-0.2, -0.15) is 13.2 Å². The van der Waals surface area contributed by atoms with Crippen LogP contribution in [-0.2, 0) is 9.59 Å². The standard InChI is InChI=1S/C30H43F3N2O3/c1-17-18-6-9-28(5)19-7-11-29(25(37)34-16-30(31,32)33)13-12-26(2,3)15-20(29)24(19)22(36)14-23(28)27(18,4)10-8-21(17)35-38/h14,17-20,24,38H,6-13,15-16H2,1-5H3,(H,34,37)/b35-21+. The van der Waals surface area contributed by atoms with Crippen LogP contribution in [0.2, 0.25) is 0 Å². The van der Waals surface area contributed by atoms with Crippen molar-refractivity contribution in [1.29, 1.82) is 0 Å². The van der Waals surface area contributed by atoms with E-state index in [2.05, 4.69) is 45.1 Å². The molecule has 0 aromatic rings. The maximum Gasteiger partial charge on any atom is 0.405 e. The van der Waals surface area contributed by atoms with Crippen molar-refractivity contribution in [2.24, 2.45) is 56.4 Å². The van der Waals surface area contributed by atoms with Crippen LogP contribution in [0.25, 0.3) is 0 Å². The third-order valence-electron chi connectivity index (χ3n) is 12.0. The highest BCUT2D eigenvalue weighted by atomic mass is 19.4. The first-order valence-electron chi connectivity index (χ1n) is 14.4. The van der Waals surface area contributed by atoms with Gasteiger partial charge in [-0.05, 0) is 97.9 Å². The van der Waals surface area contributed by atoms with Crippen LogP contribution < -0.4 is 5.32 Å². The second-order valence-electron chi connectivity index (χ2n) is 14.4. The Bertz CT molecular complexity index is 1080. The van der Waals surface area contributed by atoms with Crippen LogP contribution in [-0.4, -0.2) is 35.3 Å². The van der Waals surface area contributed by atoms with Crippen molar-refractivity contribution in [2.75, 3.05) is 6.54 Å². The minimum atomic E-state index is -4.47. The normalized spacial score (nSPS) is 45.3. The van der Waals surface area contributed by atoms with E-state index in [0.717, 1.165) is 31.4 Å². The molecule has 4 saturated carbocycles. The lowest BCUT2D eigenvalue weighted by Crippen LogP contribution is -2.62. The molecule has 8 unspecified atom stereocenters. The molecule has 0 bridgehead atoms. The monoisotopic (exact) mass is 536 g/mol. The molecule has 5 aliphatic carbocycles. The van der Waals surface area contributed by atoms with E-state index in [0.29, 0.717) is 38.0 Å². The van der Waals surface area contributed by atoms with Crippen molar-refractivity contribution >= 4 is 17.4 Å². The van der Waals surface area contributed by atoms with E-state index in [4.69, 9.17) is 0 Å². The molecule has 1 amide bonds. The number of carbonyl (C=O) groups excluding carboxylic acids is 2. The zero-order valence-corrected chi connectivity index (χ0v) is 23.4. The Labute approximate surface area is 224 Å². The summed E-state index contributed by atoms with van der Waals surface area (Å²) in [4.78, 5) is 27.7. The van der Waals surface area contributed by atoms with Gasteiger partial charge in [0.1, 0.15) is 6.54 Å². The summed E-state index contributed by atoms with van der Waals surface area (Å²) in [6.07, 6.45) is 4.07. The molecule has 5 rings (SSSR count). The van der Waals surface area contributed by atoms with Gasteiger partial charge >= 0.3 is 6.18 Å². The van der Waals surface area contributed by atoms with Crippen LogP contribution in [0, 0.1) is 51.2 Å². The minimum absolute atomic E-state index is 0.0639. The summed E-state index contributed by atoms with van der Waals surface area (Å²) in [6, 6.07) is 0. The number of rotatable bonds is 2. The Morgan fingerprint density at radius 1 is 1.03 bits per heavy atom. The van der Waals surface area contributed by atoms with Gasteiger partial charge in [-0.15, -0.1) is 0 Å². The highest BCUT2D eigenvalue weighted by molar-refractivity contribution is 5.96. The number of alkyl halides is 3. The molecule has 0 saturated heterocycles. The lowest BCUT2D eigenvalue weighted by atomic mass is 9.39. The van der Waals surface area contributed by atoms with Gasteiger partial charge in [0.2, 0.25) is 5.91 Å². The smallest absolute Gasteiger partial charge is 0.405 e. The molecule has 38 heavy (non-hydrogen) atoms. The molecule has 0 spiro atoms. The molecular formula is C30H43F3N2O3. The number of oxime groups is 1. The van der Waals surface area contributed by atoms with Gasteiger partial charge < -0.3 is 10.5 Å². The summed E-state index contributed by atoms with van der Waals surface area (Å²) in [7, 11) is 0. The second-order valence-corrected chi connectivity index (χ2v) is 14.4. The first-order chi connectivity index (χ1) is 17.6. The molecule has 0 radical (unpaired) electrons. The number of carbonyl (C=O) groups is 2. The number of allylic oxidation sites excluding steroid dienone is 2. The van der Waals surface area contributed by atoms with Gasteiger partial charge in [-0.25, -0.2) is 0 Å². The predicted molar refractivity (Wildman–Crippen MR) is 138 cm³/mol. The zero-order valence-electron chi connectivity index (χ0n) is 23.4. The third kappa shape index (κ3) is 4.06. The molecule has 0 heterocycles. The molecule has 0 aromatic heterocycles. The number of fused-ring (bicyclic) bond motifs is 7. The van der Waals surface area contributed by atoms with Gasteiger partial charge in [0, 0.05) is 11.8 Å². The SMILES string of the molecule is CC1/C(=N/O)CCC2(C)C3=CC(=O)C4C(CCC5(C(=O)NCC(F)(F)F)CCC(C)(C)CC45)C3(C)CCC12. The first-order valence-corrected chi connectivity index (χ1v) is 14.4. The van der Waals surface area contributed by atoms with Crippen molar-refractivity contribution in [2.45, 2.75) is 98.6 Å². The Morgan fingerprint density at radius 2 is 1.68 bits per heavy atom. The van der Waals surface area contributed by atoms with Gasteiger partial charge in [0.15, 0.2) is 5.78 Å². The Kier molecular flexibility index (Phi) is 6.43. The van der Waals surface area contributed by atoms with Crippen molar-refractivity contribution in [3.8, 4) is 0 Å². The minimum Gasteiger partial charge on any atom is -0.411 e. The lowest BCUT2D eigenvalue weighted by molar-refractivity contribution is -0.166. The van der Waals surface area contributed by atoms with E-state index in [-0.39, 0.29) is 45.7 Å². The fraction of sp³-hybridized carbons (Fsp3) is 0.833. The van der Waals surface area contributed by atoms with Crippen molar-refractivity contribution < 1.29 is 28.0 Å². The Morgan fingerprint density at radius 3 is 2.34 bits per heavy atom. The summed E-state index contributed by atoms with van der Waals surface area (Å²) in [5.41, 5.74) is 0.716. The number of nitrogens with zero attached hydrogens (tertiary/aromatic N) is 1. The highest BCUT2D eigenvalue weighted by Gasteiger charge is 2.65. The molecule has 8 heteroatoms. The molecule has 4 fully saturated rings. The van der Waals surface area contributed by atoms with Gasteiger partial charge in [0.05, 0.1) is 11.1 Å². The summed E-state index contributed by atoms with van der Waals surface area (Å²) < 4.78 is 39.1. The molecule has 5 aliphatic rings. The maximum absolute atomic E-state index is 14.1. The average Bonchev–Trinajstić information content (AvgIpc) is 2.83. The number of hydrogen-bond donors (Lipinski definition) is 2. The van der Waals surface area contributed by atoms with Crippen LogP contribution in [0.15, 0.2) is 16.8 Å². The topological polar surface area (TPSA) is 78.8 Å². The van der Waals surface area contributed by atoms with Crippen molar-refractivity contribution in [3.05, 3.63) is 11.6 Å². The predicted octanol–water partition coefficient (Wildman–Crippen LogP) is 6.70. The van der Waals surface area contributed by atoms with Crippen LogP contribution in [0.4, 0.5) is 13.2 Å². The fourth-order valence-electron chi connectivity index (χ4n) is 9.98. The Hall–Kier alpha value is -1.86. The van der Waals surface area contributed by atoms with E-state index in [1.165, 1.54) is 5.57 Å². The number of nitrogens with one attached hydrogen (secondary N) is 1. The van der Waals surface area contributed by atoms with Crippen LogP contribution in [0.1, 0.15) is 92.4 Å². The van der Waals surface area contributed by atoms with E-state index in [1.54, 1.807) is 0 Å². The lowest BCUT2D eigenvalue weighted by Gasteiger charge is -2.64. The quantitative estimate of drug-likeness (QED) is 0.305. The zero-order chi connectivity index (χ0) is 27.9. The average molecular weight is 537 g/mol. The molecule has 8 atom stereocenters. The molecule has 0 aliphatic heterocycles. The summed E-state index contributed by atoms with van der Waals surface area (Å²) in [5, 5.41) is 15.4. The van der Waals surface area contributed by atoms with Crippen LogP contribution in [0.3, 0.4) is 0 Å². The summed E-state index contributed by atoms with van der Waals surface area (Å²) >= 11 is 0. The molecule has 0 aromatic carbocycles. The van der Waals surface area contributed by atoms with Gasteiger partial charge in [-0.1, -0.05) is 45.3 Å². The number of amides is 1. The van der Waals surface area contributed by atoms with E-state index in [9.17, 15) is 28.0 Å². The molecule has 2 N–H and O–H groups in total. The number of ketones is 1. The molecule has 212 valence electrons. The number of halogens is 3. The molecular weight excluding hydrogens is 493 g/mol. The van der Waals surface area contributed by atoms with Crippen LogP contribution in [0.5, 0.6) is 0 Å². The third-order valence-corrected chi connectivity index (χ3v) is 12.0. The first kappa shape index (κ1) is 27.7. The maximum atomic E-state index is 14.1. The van der Waals surface area contributed by atoms with E-state index in [1.807, 2.05) is 6.08 Å². The van der Waals surface area contributed by atoms with E-state index >= 15 is 0 Å². The fourth-order valence-corrected chi connectivity index (χ4v) is 9.98. The highest BCUT2D eigenvalue weighted by Crippen LogP contribution is 2.69. The van der Waals surface area contributed by atoms with Crippen molar-refractivity contribution in [1.82, 2.24) is 5.32 Å².